The van der Waals surface area contributed by atoms with Crippen molar-refractivity contribution in [2.75, 3.05) is 40.5 Å². The summed E-state index contributed by atoms with van der Waals surface area (Å²) >= 11 is 0. The van der Waals surface area contributed by atoms with Crippen LogP contribution in [0.25, 0.3) is 0 Å². The van der Waals surface area contributed by atoms with Crippen LogP contribution < -0.4 is 20.1 Å². The van der Waals surface area contributed by atoms with Gasteiger partial charge in [0.1, 0.15) is 0 Å². The number of nitrogens with zero attached hydrogens (tertiary/aromatic N) is 1. The van der Waals surface area contributed by atoms with Gasteiger partial charge in [-0.25, -0.2) is 0 Å². The lowest BCUT2D eigenvalue weighted by atomic mass is 9.78. The summed E-state index contributed by atoms with van der Waals surface area (Å²) < 4.78 is 17.1. The summed E-state index contributed by atoms with van der Waals surface area (Å²) in [7, 11) is 3.50. The van der Waals surface area contributed by atoms with Crippen molar-refractivity contribution < 1.29 is 14.2 Å². The van der Waals surface area contributed by atoms with Gasteiger partial charge in [-0.1, -0.05) is 26.8 Å². The van der Waals surface area contributed by atoms with E-state index in [1.807, 2.05) is 20.0 Å². The van der Waals surface area contributed by atoms with Gasteiger partial charge in [0.2, 0.25) is 0 Å². The van der Waals surface area contributed by atoms with Gasteiger partial charge in [-0.15, -0.1) is 0 Å². The highest BCUT2D eigenvalue weighted by Crippen LogP contribution is 2.33. The highest BCUT2D eigenvalue weighted by Gasteiger charge is 2.35. The minimum Gasteiger partial charge on any atom is -0.493 e. The van der Waals surface area contributed by atoms with Crippen LogP contribution in [0, 0.1) is 11.3 Å². The second-order valence-electron chi connectivity index (χ2n) is 8.96. The fourth-order valence-electron chi connectivity index (χ4n) is 4.10. The van der Waals surface area contributed by atoms with Crippen molar-refractivity contribution in [3.05, 3.63) is 23.8 Å². The van der Waals surface area contributed by atoms with Crippen molar-refractivity contribution in [2.45, 2.75) is 59.5 Å². The Morgan fingerprint density at radius 3 is 2.70 bits per heavy atom. The molecule has 2 atom stereocenters. The zero-order chi connectivity index (χ0) is 22.0. The average Bonchev–Trinajstić information content (AvgIpc) is 2.73. The van der Waals surface area contributed by atoms with Gasteiger partial charge in [0.15, 0.2) is 17.5 Å². The molecule has 1 aromatic carbocycles. The molecule has 170 valence electrons. The molecule has 2 rings (SSSR count). The molecular weight excluding hydrogens is 378 g/mol. The molecular formula is C24H41N3O3. The van der Waals surface area contributed by atoms with Crippen LogP contribution in [0.15, 0.2) is 23.2 Å². The van der Waals surface area contributed by atoms with Crippen LogP contribution in [0.4, 0.5) is 0 Å². The molecule has 0 radical (unpaired) electrons. The number of benzene rings is 1. The zero-order valence-electron chi connectivity index (χ0n) is 19.7. The molecule has 1 aliphatic rings. The van der Waals surface area contributed by atoms with Gasteiger partial charge in [0.25, 0.3) is 0 Å². The standard InChI is InChI=1S/C24H41N3O3/c1-7-29-21-16-18(12-13-20(21)28-6)10-8-14-26-23(25-5)27-17-19-11-9-15-30-22(19)24(2,3)4/h12-13,16,19,22H,7-11,14-15,17H2,1-6H3,(H2,25,26,27). The maximum Gasteiger partial charge on any atom is 0.190 e. The molecule has 6 heteroatoms. The van der Waals surface area contributed by atoms with Gasteiger partial charge in [-0.2, -0.15) is 0 Å². The molecule has 1 saturated heterocycles. The average molecular weight is 420 g/mol. The molecule has 1 aliphatic heterocycles. The summed E-state index contributed by atoms with van der Waals surface area (Å²) in [4.78, 5) is 4.38. The van der Waals surface area contributed by atoms with E-state index in [1.165, 1.54) is 12.0 Å². The molecule has 2 unspecified atom stereocenters. The lowest BCUT2D eigenvalue weighted by Gasteiger charge is -2.40. The van der Waals surface area contributed by atoms with Crippen LogP contribution in [-0.2, 0) is 11.2 Å². The first kappa shape index (κ1) is 24.3. The maximum atomic E-state index is 6.09. The summed E-state index contributed by atoms with van der Waals surface area (Å²) in [6.45, 7) is 12.0. The van der Waals surface area contributed by atoms with Gasteiger partial charge in [0.05, 0.1) is 19.8 Å². The van der Waals surface area contributed by atoms with Crippen molar-refractivity contribution in [3.63, 3.8) is 0 Å². The largest absolute Gasteiger partial charge is 0.493 e. The normalized spacial score (nSPS) is 20.0. The lowest BCUT2D eigenvalue weighted by molar-refractivity contribution is -0.0835. The van der Waals surface area contributed by atoms with Gasteiger partial charge >= 0.3 is 0 Å². The number of hydrogen-bond donors (Lipinski definition) is 2. The van der Waals surface area contributed by atoms with Crippen LogP contribution in [0.1, 0.15) is 52.5 Å². The second kappa shape index (κ2) is 12.0. The Morgan fingerprint density at radius 2 is 2.03 bits per heavy atom. The van der Waals surface area contributed by atoms with E-state index in [0.717, 1.165) is 56.4 Å². The first-order chi connectivity index (χ1) is 14.4. The minimum absolute atomic E-state index is 0.155. The smallest absolute Gasteiger partial charge is 0.190 e. The second-order valence-corrected chi connectivity index (χ2v) is 8.96. The molecule has 0 aromatic heterocycles. The van der Waals surface area contributed by atoms with Gasteiger partial charge in [-0.05, 0) is 55.7 Å². The topological polar surface area (TPSA) is 64.1 Å². The van der Waals surface area contributed by atoms with Crippen LogP contribution in [0.3, 0.4) is 0 Å². The van der Waals surface area contributed by atoms with Crippen molar-refractivity contribution in [1.82, 2.24) is 10.6 Å². The van der Waals surface area contributed by atoms with E-state index < -0.39 is 0 Å². The van der Waals surface area contributed by atoms with Crippen molar-refractivity contribution in [2.24, 2.45) is 16.3 Å². The Labute approximate surface area is 182 Å². The Hall–Kier alpha value is -1.95. The molecule has 0 amide bonds. The van der Waals surface area contributed by atoms with Crippen molar-refractivity contribution >= 4 is 5.96 Å². The van der Waals surface area contributed by atoms with E-state index in [1.54, 1.807) is 7.11 Å². The van der Waals surface area contributed by atoms with E-state index >= 15 is 0 Å². The number of ether oxygens (including phenoxy) is 3. The number of hydrogen-bond acceptors (Lipinski definition) is 4. The summed E-state index contributed by atoms with van der Waals surface area (Å²) in [5.74, 6) is 2.96. The third kappa shape index (κ3) is 7.38. The monoisotopic (exact) mass is 419 g/mol. The number of nitrogens with one attached hydrogen (secondary N) is 2. The molecule has 1 heterocycles. The number of aryl methyl sites for hydroxylation is 1. The Balaban J connectivity index is 1.77. The maximum absolute atomic E-state index is 6.09. The first-order valence-electron chi connectivity index (χ1n) is 11.2. The molecule has 1 aromatic rings. The van der Waals surface area contributed by atoms with Gasteiger partial charge in [-0.3, -0.25) is 4.99 Å². The summed E-state index contributed by atoms with van der Waals surface area (Å²) in [5.41, 5.74) is 1.40. The minimum atomic E-state index is 0.155. The van der Waals surface area contributed by atoms with E-state index in [2.05, 4.69) is 48.5 Å². The Morgan fingerprint density at radius 1 is 1.23 bits per heavy atom. The molecule has 2 N–H and O–H groups in total. The fraction of sp³-hybridized carbons (Fsp3) is 0.708. The first-order valence-corrected chi connectivity index (χ1v) is 11.2. The third-order valence-electron chi connectivity index (χ3n) is 5.52. The van der Waals surface area contributed by atoms with Gasteiger partial charge < -0.3 is 24.8 Å². The Kier molecular flexibility index (Phi) is 9.76. The summed E-state index contributed by atoms with van der Waals surface area (Å²) in [5, 5.41) is 6.94. The lowest BCUT2D eigenvalue weighted by Crippen LogP contribution is -2.47. The van der Waals surface area contributed by atoms with E-state index in [9.17, 15) is 0 Å². The predicted octanol–water partition coefficient (Wildman–Crippen LogP) is 4.03. The molecule has 1 fully saturated rings. The molecule has 6 nitrogen and oxygen atoms in total. The number of guanidine groups is 1. The number of aliphatic imine (C=N–C) groups is 1. The van der Waals surface area contributed by atoms with Crippen LogP contribution in [0.2, 0.25) is 0 Å². The van der Waals surface area contributed by atoms with E-state index in [0.29, 0.717) is 12.5 Å². The van der Waals surface area contributed by atoms with Crippen LogP contribution >= 0.6 is 0 Å². The zero-order valence-corrected chi connectivity index (χ0v) is 19.7. The number of rotatable bonds is 9. The Bertz CT molecular complexity index is 670. The third-order valence-corrected chi connectivity index (χ3v) is 5.52. The molecule has 30 heavy (non-hydrogen) atoms. The SMILES string of the molecule is CCOc1cc(CCCNC(=NC)NCC2CCCOC2C(C)(C)C)ccc1OC. The fourth-order valence-corrected chi connectivity index (χ4v) is 4.10. The predicted molar refractivity (Wildman–Crippen MR) is 124 cm³/mol. The van der Waals surface area contributed by atoms with E-state index in [4.69, 9.17) is 14.2 Å². The molecule has 0 saturated carbocycles. The highest BCUT2D eigenvalue weighted by molar-refractivity contribution is 5.79. The number of methoxy groups -OCH3 is 1. The van der Waals surface area contributed by atoms with Crippen molar-refractivity contribution in [1.29, 1.82) is 0 Å². The van der Waals surface area contributed by atoms with Crippen LogP contribution in [-0.4, -0.2) is 52.5 Å². The molecule has 0 bridgehead atoms. The highest BCUT2D eigenvalue weighted by atomic mass is 16.5. The summed E-state index contributed by atoms with van der Waals surface area (Å²) in [6.07, 6.45) is 4.60. The molecule has 0 spiro atoms. The summed E-state index contributed by atoms with van der Waals surface area (Å²) in [6, 6.07) is 6.15. The van der Waals surface area contributed by atoms with Crippen molar-refractivity contribution in [3.8, 4) is 11.5 Å². The quantitative estimate of drug-likeness (QED) is 0.359. The molecule has 0 aliphatic carbocycles. The van der Waals surface area contributed by atoms with Crippen LogP contribution in [0.5, 0.6) is 11.5 Å². The van der Waals surface area contributed by atoms with E-state index in [-0.39, 0.29) is 11.5 Å². The van der Waals surface area contributed by atoms with Gasteiger partial charge in [0, 0.05) is 32.7 Å².